The first-order valence-corrected chi connectivity index (χ1v) is 11.6. The maximum absolute atomic E-state index is 12.6. The summed E-state index contributed by atoms with van der Waals surface area (Å²) in [6.07, 6.45) is 1.72. The van der Waals surface area contributed by atoms with Gasteiger partial charge in [-0.3, -0.25) is 9.59 Å². The molecule has 9 nitrogen and oxygen atoms in total. The Morgan fingerprint density at radius 1 is 1.09 bits per heavy atom. The van der Waals surface area contributed by atoms with Crippen LogP contribution in [0.4, 0.5) is 11.4 Å². The number of anilines is 2. The van der Waals surface area contributed by atoms with Crippen molar-refractivity contribution in [1.82, 2.24) is 14.8 Å². The molecule has 0 unspecified atom stereocenters. The Labute approximate surface area is 202 Å². The summed E-state index contributed by atoms with van der Waals surface area (Å²) >= 11 is 1.23. The van der Waals surface area contributed by atoms with Gasteiger partial charge in [-0.05, 0) is 43.3 Å². The highest BCUT2D eigenvalue weighted by Gasteiger charge is 2.17. The molecule has 1 heterocycles. The zero-order valence-corrected chi connectivity index (χ0v) is 19.9. The minimum atomic E-state index is -0.229. The minimum Gasteiger partial charge on any atom is -0.495 e. The molecule has 34 heavy (non-hydrogen) atoms. The van der Waals surface area contributed by atoms with E-state index in [1.165, 1.54) is 11.8 Å². The smallest absolute Gasteiger partial charge is 0.234 e. The number of carbonyl (C=O) groups excluding carboxylic acids is 2. The molecule has 3 aromatic rings. The molecule has 178 valence electrons. The van der Waals surface area contributed by atoms with Crippen LogP contribution in [0.15, 0.2) is 66.3 Å². The van der Waals surface area contributed by atoms with Gasteiger partial charge < -0.3 is 24.7 Å². The minimum absolute atomic E-state index is 0.0298. The topological polar surface area (TPSA) is 107 Å². The highest BCUT2D eigenvalue weighted by atomic mass is 32.2. The number of ether oxygens (including phenoxy) is 2. The lowest BCUT2D eigenvalue weighted by Crippen LogP contribution is -2.18. The first-order valence-electron chi connectivity index (χ1n) is 10.6. The molecule has 0 bridgehead atoms. The number of amides is 2. The fraction of sp³-hybridized carbons (Fsp3) is 0.250. The van der Waals surface area contributed by atoms with Gasteiger partial charge in [-0.15, -0.1) is 16.8 Å². The number of allylic oxidation sites excluding steroid dienone is 1. The lowest BCUT2D eigenvalue weighted by atomic mass is 10.3. The average Bonchev–Trinajstić information content (AvgIpc) is 3.20. The summed E-state index contributed by atoms with van der Waals surface area (Å²) in [5.41, 5.74) is 1.25. The third-order valence-corrected chi connectivity index (χ3v) is 5.55. The molecule has 0 spiro atoms. The molecular weight excluding hydrogens is 454 g/mol. The predicted octanol–water partition coefficient (Wildman–Crippen LogP) is 3.78. The summed E-state index contributed by atoms with van der Waals surface area (Å²) < 4.78 is 12.4. The fourth-order valence-corrected chi connectivity index (χ4v) is 3.85. The van der Waals surface area contributed by atoms with Crippen molar-refractivity contribution in [2.45, 2.75) is 25.0 Å². The van der Waals surface area contributed by atoms with Gasteiger partial charge in [-0.25, -0.2) is 0 Å². The average molecular weight is 482 g/mol. The molecule has 0 radical (unpaired) electrons. The third kappa shape index (κ3) is 6.85. The Balaban J connectivity index is 1.60. The lowest BCUT2D eigenvalue weighted by molar-refractivity contribution is -0.116. The van der Waals surface area contributed by atoms with Gasteiger partial charge in [0.05, 0.1) is 31.6 Å². The molecule has 1 aromatic heterocycles. The molecule has 0 saturated heterocycles. The van der Waals surface area contributed by atoms with E-state index >= 15 is 0 Å². The summed E-state index contributed by atoms with van der Waals surface area (Å²) in [6, 6.07) is 14.3. The summed E-state index contributed by atoms with van der Waals surface area (Å²) in [5.74, 6) is 1.48. The maximum Gasteiger partial charge on any atom is 0.234 e. The Morgan fingerprint density at radius 2 is 1.85 bits per heavy atom. The Morgan fingerprint density at radius 3 is 2.56 bits per heavy atom. The number of hydrogen-bond acceptors (Lipinski definition) is 7. The van der Waals surface area contributed by atoms with Crippen molar-refractivity contribution in [3.8, 4) is 11.5 Å². The van der Waals surface area contributed by atoms with E-state index in [-0.39, 0.29) is 24.0 Å². The normalized spacial score (nSPS) is 10.4. The van der Waals surface area contributed by atoms with E-state index < -0.39 is 0 Å². The van der Waals surface area contributed by atoms with E-state index in [0.717, 1.165) is 5.75 Å². The second-order valence-electron chi connectivity index (χ2n) is 7.02. The first-order chi connectivity index (χ1) is 16.5. The molecule has 0 atom stereocenters. The number of para-hydroxylation sites is 2. The van der Waals surface area contributed by atoms with Crippen LogP contribution in [0.5, 0.6) is 11.5 Å². The van der Waals surface area contributed by atoms with Crippen molar-refractivity contribution >= 4 is 35.0 Å². The van der Waals surface area contributed by atoms with Crippen LogP contribution in [-0.2, 0) is 22.6 Å². The number of carbonyl (C=O) groups is 2. The first kappa shape index (κ1) is 24.8. The zero-order valence-electron chi connectivity index (χ0n) is 19.1. The van der Waals surface area contributed by atoms with Gasteiger partial charge in [0.25, 0.3) is 0 Å². The van der Waals surface area contributed by atoms with Crippen molar-refractivity contribution < 1.29 is 19.1 Å². The largest absolute Gasteiger partial charge is 0.495 e. The molecule has 0 saturated carbocycles. The summed E-state index contributed by atoms with van der Waals surface area (Å²) in [6.45, 7) is 6.67. The number of aromatic nitrogens is 3. The van der Waals surface area contributed by atoms with Crippen LogP contribution in [0.1, 0.15) is 12.7 Å². The van der Waals surface area contributed by atoms with Crippen LogP contribution in [0.25, 0.3) is 0 Å². The predicted molar refractivity (Wildman–Crippen MR) is 133 cm³/mol. The molecule has 0 aliphatic rings. The summed E-state index contributed by atoms with van der Waals surface area (Å²) in [5, 5.41) is 14.5. The van der Waals surface area contributed by atoms with Crippen molar-refractivity contribution in [2.75, 3.05) is 30.1 Å². The van der Waals surface area contributed by atoms with Crippen LogP contribution in [-0.4, -0.2) is 46.0 Å². The van der Waals surface area contributed by atoms with Gasteiger partial charge >= 0.3 is 0 Å². The van der Waals surface area contributed by atoms with Crippen LogP contribution >= 0.6 is 11.8 Å². The maximum atomic E-state index is 12.6. The Kier molecular flexibility index (Phi) is 9.10. The van der Waals surface area contributed by atoms with Crippen LogP contribution in [0.2, 0.25) is 0 Å². The van der Waals surface area contributed by atoms with E-state index in [2.05, 4.69) is 27.4 Å². The Bertz CT molecular complexity index is 1130. The molecule has 0 aliphatic carbocycles. The number of rotatable bonds is 12. The summed E-state index contributed by atoms with van der Waals surface area (Å²) in [7, 11) is 1.55. The molecule has 0 fully saturated rings. The third-order valence-electron chi connectivity index (χ3n) is 4.59. The quantitative estimate of drug-likeness (QED) is 0.299. The SMILES string of the molecule is C=CCn1c(CC(=O)Nc2ccc(OCC)cc2)nnc1SCC(=O)Nc1ccccc1OC. The van der Waals surface area contributed by atoms with Gasteiger partial charge in [0.15, 0.2) is 5.16 Å². The second-order valence-corrected chi connectivity index (χ2v) is 7.96. The standard InChI is InChI=1S/C24H27N5O4S/c1-4-14-29-21(15-22(30)25-17-10-12-18(13-11-17)33-5-2)27-28-24(29)34-16-23(31)26-19-8-6-7-9-20(19)32-3/h4,6-13H,1,5,14-16H2,2-3H3,(H,25,30)(H,26,31). The molecular formula is C24H27N5O4S. The van der Waals surface area contributed by atoms with Crippen molar-refractivity contribution in [3.63, 3.8) is 0 Å². The summed E-state index contributed by atoms with van der Waals surface area (Å²) in [4.78, 5) is 25.0. The van der Waals surface area contributed by atoms with E-state index in [1.807, 2.05) is 19.1 Å². The van der Waals surface area contributed by atoms with Crippen molar-refractivity contribution in [1.29, 1.82) is 0 Å². The van der Waals surface area contributed by atoms with Crippen LogP contribution in [0, 0.1) is 0 Å². The van der Waals surface area contributed by atoms with E-state index in [1.54, 1.807) is 54.2 Å². The van der Waals surface area contributed by atoms with Gasteiger partial charge in [0.2, 0.25) is 11.8 Å². The fourth-order valence-electron chi connectivity index (χ4n) is 3.08. The van der Waals surface area contributed by atoms with Crippen molar-refractivity contribution in [2.24, 2.45) is 0 Å². The number of nitrogens with one attached hydrogen (secondary N) is 2. The molecule has 0 aliphatic heterocycles. The number of nitrogens with zero attached hydrogens (tertiary/aromatic N) is 3. The van der Waals surface area contributed by atoms with Gasteiger partial charge in [0.1, 0.15) is 17.3 Å². The van der Waals surface area contributed by atoms with E-state index in [4.69, 9.17) is 9.47 Å². The lowest BCUT2D eigenvalue weighted by Gasteiger charge is -2.10. The molecule has 2 amide bonds. The van der Waals surface area contributed by atoms with E-state index in [0.29, 0.717) is 41.3 Å². The van der Waals surface area contributed by atoms with Gasteiger partial charge in [-0.1, -0.05) is 30.0 Å². The van der Waals surface area contributed by atoms with Crippen LogP contribution < -0.4 is 20.1 Å². The molecule has 3 rings (SSSR count). The Hall–Kier alpha value is -3.79. The molecule has 2 N–H and O–H groups in total. The van der Waals surface area contributed by atoms with Gasteiger partial charge in [-0.2, -0.15) is 0 Å². The number of hydrogen-bond donors (Lipinski definition) is 2. The molecule has 10 heteroatoms. The van der Waals surface area contributed by atoms with Crippen molar-refractivity contribution in [3.05, 3.63) is 67.0 Å². The molecule has 2 aromatic carbocycles. The van der Waals surface area contributed by atoms with Crippen LogP contribution in [0.3, 0.4) is 0 Å². The number of benzene rings is 2. The second kappa shape index (κ2) is 12.4. The van der Waals surface area contributed by atoms with Gasteiger partial charge in [0, 0.05) is 12.2 Å². The highest BCUT2D eigenvalue weighted by molar-refractivity contribution is 7.99. The monoisotopic (exact) mass is 481 g/mol. The number of thioether (sulfide) groups is 1. The highest BCUT2D eigenvalue weighted by Crippen LogP contribution is 2.24. The van der Waals surface area contributed by atoms with E-state index in [9.17, 15) is 9.59 Å². The number of methoxy groups -OCH3 is 1. The zero-order chi connectivity index (χ0) is 24.3.